The first-order valence-corrected chi connectivity index (χ1v) is 15.6. The average Bonchev–Trinajstić information content (AvgIpc) is 3.78. The summed E-state index contributed by atoms with van der Waals surface area (Å²) in [7, 11) is 0. The number of rotatable bonds is 4. The molecular formula is C40H25N7. The largest absolute Gasteiger partial charge is 0.323 e. The molecule has 10 rings (SSSR count). The zero-order chi connectivity index (χ0) is 30.9. The van der Waals surface area contributed by atoms with Crippen LogP contribution in [-0.2, 0) is 0 Å². The lowest BCUT2D eigenvalue weighted by molar-refractivity contribution is 1.07. The van der Waals surface area contributed by atoms with E-state index in [1.165, 1.54) is 10.8 Å². The third-order valence-electron chi connectivity index (χ3n) is 8.90. The molecule has 0 saturated carbocycles. The predicted octanol–water partition coefficient (Wildman–Crippen LogP) is 9.25. The van der Waals surface area contributed by atoms with Gasteiger partial charge in [0.15, 0.2) is 17.5 Å². The second-order valence-corrected chi connectivity index (χ2v) is 11.7. The maximum absolute atomic E-state index is 5.02. The number of imidazole rings is 2. The summed E-state index contributed by atoms with van der Waals surface area (Å²) in [6.07, 6.45) is 0. The van der Waals surface area contributed by atoms with E-state index in [2.05, 4.69) is 92.8 Å². The van der Waals surface area contributed by atoms with E-state index in [-0.39, 0.29) is 0 Å². The number of nitrogens with one attached hydrogen (secondary N) is 1. The van der Waals surface area contributed by atoms with Crippen molar-refractivity contribution in [2.75, 3.05) is 0 Å². The van der Waals surface area contributed by atoms with E-state index in [1.54, 1.807) is 0 Å². The third-order valence-corrected chi connectivity index (χ3v) is 8.90. The number of benzene rings is 6. The van der Waals surface area contributed by atoms with Crippen molar-refractivity contribution >= 4 is 49.7 Å². The van der Waals surface area contributed by atoms with Crippen LogP contribution in [0.3, 0.4) is 0 Å². The zero-order valence-electron chi connectivity index (χ0n) is 25.0. The predicted molar refractivity (Wildman–Crippen MR) is 189 cm³/mol. The number of fused-ring (bicyclic) bond motifs is 8. The van der Waals surface area contributed by atoms with Crippen molar-refractivity contribution < 1.29 is 0 Å². The van der Waals surface area contributed by atoms with Gasteiger partial charge >= 0.3 is 0 Å². The number of para-hydroxylation sites is 3. The molecule has 220 valence electrons. The van der Waals surface area contributed by atoms with E-state index in [4.69, 9.17) is 19.9 Å². The van der Waals surface area contributed by atoms with E-state index in [9.17, 15) is 0 Å². The molecule has 6 aromatic carbocycles. The second-order valence-electron chi connectivity index (χ2n) is 11.7. The summed E-state index contributed by atoms with van der Waals surface area (Å²) < 4.78 is 4.53. The molecule has 0 bridgehead atoms. The van der Waals surface area contributed by atoms with Crippen molar-refractivity contribution in [1.82, 2.24) is 33.9 Å². The number of hydrogen-bond donors (Lipinski definition) is 1. The highest BCUT2D eigenvalue weighted by Gasteiger charge is 2.18. The van der Waals surface area contributed by atoms with Gasteiger partial charge in [-0.25, -0.2) is 19.9 Å². The van der Waals surface area contributed by atoms with Crippen molar-refractivity contribution in [3.05, 3.63) is 146 Å². The van der Waals surface area contributed by atoms with Crippen LogP contribution in [0.1, 0.15) is 0 Å². The van der Waals surface area contributed by atoms with Crippen LogP contribution in [0, 0.1) is 0 Å². The van der Waals surface area contributed by atoms with Gasteiger partial charge in [-0.2, -0.15) is 0 Å². The van der Waals surface area contributed by atoms with Crippen molar-refractivity contribution in [2.24, 2.45) is 0 Å². The summed E-state index contributed by atoms with van der Waals surface area (Å²) in [5, 5.41) is 2.35. The molecule has 0 aliphatic carbocycles. The number of hydrogen-bond acceptors (Lipinski definition) is 4. The Morgan fingerprint density at radius 2 is 1.04 bits per heavy atom. The van der Waals surface area contributed by atoms with Crippen molar-refractivity contribution in [3.63, 3.8) is 0 Å². The zero-order valence-corrected chi connectivity index (χ0v) is 25.0. The summed E-state index contributed by atoms with van der Waals surface area (Å²) in [5.74, 6) is 2.74. The molecule has 1 N–H and O–H groups in total. The molecule has 47 heavy (non-hydrogen) atoms. The maximum Gasteiger partial charge on any atom is 0.213 e. The Hall–Kier alpha value is -6.60. The van der Waals surface area contributed by atoms with Crippen LogP contribution in [0.5, 0.6) is 0 Å². The fourth-order valence-corrected chi connectivity index (χ4v) is 6.76. The highest BCUT2D eigenvalue weighted by Crippen LogP contribution is 2.36. The monoisotopic (exact) mass is 603 g/mol. The Balaban J connectivity index is 1.19. The van der Waals surface area contributed by atoms with Gasteiger partial charge < -0.3 is 9.55 Å². The summed E-state index contributed by atoms with van der Waals surface area (Å²) >= 11 is 0. The number of H-pyrrole nitrogens is 1. The van der Waals surface area contributed by atoms with Crippen molar-refractivity contribution in [2.45, 2.75) is 0 Å². The van der Waals surface area contributed by atoms with Gasteiger partial charge in [0.05, 0.1) is 33.1 Å². The van der Waals surface area contributed by atoms with Crippen LogP contribution in [0.15, 0.2) is 146 Å². The number of nitrogens with zero attached hydrogens (tertiary/aromatic N) is 6. The normalized spacial score (nSPS) is 11.8. The van der Waals surface area contributed by atoms with Crippen LogP contribution in [0.4, 0.5) is 0 Å². The molecule has 0 amide bonds. The van der Waals surface area contributed by atoms with Crippen LogP contribution in [-0.4, -0.2) is 33.9 Å². The fourth-order valence-electron chi connectivity index (χ4n) is 6.76. The molecule has 0 fully saturated rings. The van der Waals surface area contributed by atoms with E-state index < -0.39 is 0 Å². The molecule has 0 unspecified atom stereocenters. The topological polar surface area (TPSA) is 76.7 Å². The Bertz CT molecular complexity index is 2730. The molecular weight excluding hydrogens is 578 g/mol. The minimum Gasteiger partial charge on any atom is -0.323 e. The average molecular weight is 604 g/mol. The van der Waals surface area contributed by atoms with Gasteiger partial charge in [-0.05, 0) is 42.5 Å². The number of aromatic amines is 1. The molecule has 0 aliphatic rings. The van der Waals surface area contributed by atoms with E-state index in [0.29, 0.717) is 17.5 Å². The summed E-state index contributed by atoms with van der Waals surface area (Å²) in [4.78, 5) is 23.3. The van der Waals surface area contributed by atoms with Gasteiger partial charge in [0.25, 0.3) is 0 Å². The molecule has 4 heterocycles. The van der Waals surface area contributed by atoms with E-state index in [1.807, 2.05) is 66.7 Å². The van der Waals surface area contributed by atoms with Crippen molar-refractivity contribution in [1.29, 1.82) is 0 Å². The molecule has 0 radical (unpaired) electrons. The maximum atomic E-state index is 5.02. The first-order valence-electron chi connectivity index (χ1n) is 15.6. The van der Waals surface area contributed by atoms with Gasteiger partial charge in [-0.15, -0.1) is 0 Å². The van der Waals surface area contributed by atoms with Crippen molar-refractivity contribution in [3.8, 4) is 39.9 Å². The SMILES string of the molecule is c1ccc(-c2nc(-c3ccccc3)nc(-c3cccc(-n4c5ccccc5c5cc6c(cc54)nc4[nH]c5ccccc5n46)c3)n2)cc1. The Morgan fingerprint density at radius 3 is 1.79 bits per heavy atom. The molecule has 10 aromatic rings. The Labute approximate surface area is 268 Å². The van der Waals surface area contributed by atoms with Crippen LogP contribution in [0.25, 0.3) is 89.5 Å². The lowest BCUT2D eigenvalue weighted by atomic mass is 10.1. The highest BCUT2D eigenvalue weighted by atomic mass is 15.1. The number of aromatic nitrogens is 7. The van der Waals surface area contributed by atoms with Gasteiger partial charge in [-0.1, -0.05) is 103 Å². The molecule has 0 atom stereocenters. The molecule has 4 aromatic heterocycles. The molecule has 0 saturated heterocycles. The summed E-state index contributed by atoms with van der Waals surface area (Å²) in [6, 6.07) is 50.0. The lowest BCUT2D eigenvalue weighted by Crippen LogP contribution is -2.01. The smallest absolute Gasteiger partial charge is 0.213 e. The van der Waals surface area contributed by atoms with E-state index >= 15 is 0 Å². The van der Waals surface area contributed by atoms with Crippen LogP contribution >= 0.6 is 0 Å². The molecule has 7 heteroatoms. The highest BCUT2D eigenvalue weighted by molar-refractivity contribution is 6.13. The molecule has 0 spiro atoms. The van der Waals surface area contributed by atoms with Gasteiger partial charge in [0.1, 0.15) is 0 Å². The third kappa shape index (κ3) is 4.00. The van der Waals surface area contributed by atoms with Crippen LogP contribution in [0.2, 0.25) is 0 Å². The second kappa shape index (κ2) is 9.95. The minimum absolute atomic E-state index is 0.623. The Kier molecular flexibility index (Phi) is 5.44. The first-order chi connectivity index (χ1) is 23.3. The van der Waals surface area contributed by atoms with Crippen LogP contribution < -0.4 is 0 Å². The summed E-state index contributed by atoms with van der Waals surface area (Å²) in [6.45, 7) is 0. The minimum atomic E-state index is 0.623. The Morgan fingerprint density at radius 1 is 0.426 bits per heavy atom. The fraction of sp³-hybridized carbons (Fsp3) is 0. The lowest BCUT2D eigenvalue weighted by Gasteiger charge is -2.11. The van der Waals surface area contributed by atoms with Gasteiger partial charge in [0, 0.05) is 33.2 Å². The quantitative estimate of drug-likeness (QED) is 0.218. The summed E-state index contributed by atoms with van der Waals surface area (Å²) in [5.41, 5.74) is 10.2. The molecule has 0 aliphatic heterocycles. The first kappa shape index (κ1) is 25.7. The standard InChI is InChI=1S/C40H25N7/c1-3-12-25(13-4-1)37-43-38(26-14-5-2-6-15-26)45-39(44-37)27-16-11-17-28(22-27)46-33-20-9-7-18-29(33)30-23-36-32(24-35(30)46)42-40-41-31-19-8-10-21-34(31)47(36)40/h1-24H,(H,41,42). The van der Waals surface area contributed by atoms with Gasteiger partial charge in [-0.3, -0.25) is 4.40 Å². The molecule has 7 nitrogen and oxygen atoms in total. The van der Waals surface area contributed by atoms with Gasteiger partial charge in [0.2, 0.25) is 5.78 Å². The van der Waals surface area contributed by atoms with E-state index in [0.717, 1.165) is 61.3 Å².